The van der Waals surface area contributed by atoms with Crippen LogP contribution in [0.2, 0.25) is 0 Å². The van der Waals surface area contributed by atoms with Crippen LogP contribution in [-0.4, -0.2) is 41.5 Å². The maximum absolute atomic E-state index is 12.4. The van der Waals surface area contributed by atoms with E-state index in [1.165, 1.54) is 21.3 Å². The molecule has 0 saturated heterocycles. The number of rotatable bonds is 7. The number of methoxy groups -OCH3 is 5. The van der Waals surface area contributed by atoms with Crippen molar-refractivity contribution in [2.45, 2.75) is 0 Å². The van der Waals surface area contributed by atoms with Gasteiger partial charge in [0.1, 0.15) is 17.3 Å². The quantitative estimate of drug-likeness (QED) is 0.520. The number of ether oxygens (including phenoxy) is 6. The summed E-state index contributed by atoms with van der Waals surface area (Å²) in [6.07, 6.45) is 3.34. The molecule has 0 bridgehead atoms. The summed E-state index contributed by atoms with van der Waals surface area (Å²) >= 11 is 0. The summed E-state index contributed by atoms with van der Waals surface area (Å²) in [6, 6.07) is 8.77. The third-order valence-electron chi connectivity index (χ3n) is 4.41. The Hall–Kier alpha value is -3.61. The minimum Gasteiger partial charge on any atom is -0.497 e. The maximum Gasteiger partial charge on any atom is 0.343 e. The first kappa shape index (κ1) is 20.1. The van der Waals surface area contributed by atoms with Gasteiger partial charge in [-0.15, -0.1) is 0 Å². The number of hydrogen-bond donors (Lipinski definition) is 0. The first-order valence-electron chi connectivity index (χ1n) is 8.72. The third-order valence-corrected chi connectivity index (χ3v) is 4.41. The summed E-state index contributed by atoms with van der Waals surface area (Å²) in [5, 5.41) is 0. The summed E-state index contributed by atoms with van der Waals surface area (Å²) in [4.78, 5) is 12.4. The van der Waals surface area contributed by atoms with Crippen molar-refractivity contribution in [2.24, 2.45) is 0 Å². The zero-order valence-electron chi connectivity index (χ0n) is 16.9. The highest BCUT2D eigenvalue weighted by Crippen LogP contribution is 2.40. The Bertz CT molecular complexity index is 964. The SMILES string of the molecule is COc1ccc(OC)c(C2=CC(=Cc3cc(OC)c(OC)c(OC)c3)C(=O)O2)c1. The minimum atomic E-state index is -0.473. The molecule has 1 aliphatic heterocycles. The molecule has 1 aliphatic rings. The van der Waals surface area contributed by atoms with E-state index in [0.29, 0.717) is 51.2 Å². The van der Waals surface area contributed by atoms with Crippen LogP contribution >= 0.6 is 0 Å². The van der Waals surface area contributed by atoms with Crippen LogP contribution in [0.4, 0.5) is 0 Å². The van der Waals surface area contributed by atoms with Gasteiger partial charge in [-0.05, 0) is 48.0 Å². The molecule has 3 rings (SSSR count). The first-order valence-corrected chi connectivity index (χ1v) is 8.72. The lowest BCUT2D eigenvalue weighted by Crippen LogP contribution is -1.99. The normalized spacial score (nSPS) is 14.3. The van der Waals surface area contributed by atoms with Gasteiger partial charge in [0, 0.05) is 0 Å². The number of benzene rings is 2. The minimum absolute atomic E-state index is 0.374. The molecule has 0 aliphatic carbocycles. The van der Waals surface area contributed by atoms with Crippen molar-refractivity contribution in [2.75, 3.05) is 35.5 Å². The summed E-state index contributed by atoms with van der Waals surface area (Å²) < 4.78 is 32.1. The van der Waals surface area contributed by atoms with Crippen LogP contribution in [0.3, 0.4) is 0 Å². The molecular weight excluding hydrogens is 376 g/mol. The molecule has 7 nitrogen and oxygen atoms in total. The molecule has 0 fully saturated rings. The predicted molar refractivity (Wildman–Crippen MR) is 108 cm³/mol. The molecule has 0 amide bonds. The molecule has 1 heterocycles. The second-order valence-electron chi connectivity index (χ2n) is 6.02. The zero-order valence-corrected chi connectivity index (χ0v) is 16.9. The van der Waals surface area contributed by atoms with E-state index in [-0.39, 0.29) is 0 Å². The Labute approximate surface area is 169 Å². The van der Waals surface area contributed by atoms with E-state index < -0.39 is 5.97 Å². The number of carbonyl (C=O) groups excluding carboxylic acids is 1. The van der Waals surface area contributed by atoms with Crippen molar-refractivity contribution < 1.29 is 33.2 Å². The second kappa shape index (κ2) is 8.60. The van der Waals surface area contributed by atoms with Gasteiger partial charge in [0.25, 0.3) is 0 Å². The summed E-state index contributed by atoms with van der Waals surface area (Å²) in [5.74, 6) is 2.55. The molecule has 152 valence electrons. The van der Waals surface area contributed by atoms with Crippen LogP contribution in [0.5, 0.6) is 28.7 Å². The lowest BCUT2D eigenvalue weighted by atomic mass is 10.1. The van der Waals surface area contributed by atoms with E-state index in [0.717, 1.165) is 0 Å². The highest BCUT2D eigenvalue weighted by atomic mass is 16.5. The van der Waals surface area contributed by atoms with E-state index in [4.69, 9.17) is 28.4 Å². The average molecular weight is 398 g/mol. The molecule has 2 aromatic rings. The molecule has 0 saturated carbocycles. The van der Waals surface area contributed by atoms with Crippen molar-refractivity contribution >= 4 is 17.8 Å². The van der Waals surface area contributed by atoms with Crippen molar-refractivity contribution in [3.63, 3.8) is 0 Å². The fourth-order valence-corrected chi connectivity index (χ4v) is 2.99. The number of carbonyl (C=O) groups is 1. The van der Waals surface area contributed by atoms with Crippen LogP contribution in [0.25, 0.3) is 11.8 Å². The number of cyclic esters (lactones) is 1. The largest absolute Gasteiger partial charge is 0.497 e. The highest BCUT2D eigenvalue weighted by Gasteiger charge is 2.25. The number of hydrogen-bond acceptors (Lipinski definition) is 7. The van der Waals surface area contributed by atoms with Crippen LogP contribution in [-0.2, 0) is 9.53 Å². The topological polar surface area (TPSA) is 72.5 Å². The van der Waals surface area contributed by atoms with Crippen LogP contribution in [0, 0.1) is 0 Å². The van der Waals surface area contributed by atoms with Gasteiger partial charge in [-0.2, -0.15) is 0 Å². The van der Waals surface area contributed by atoms with Crippen molar-refractivity contribution in [1.82, 2.24) is 0 Å². The van der Waals surface area contributed by atoms with Gasteiger partial charge >= 0.3 is 5.97 Å². The molecule has 0 atom stereocenters. The Kier molecular flexibility index (Phi) is 5.97. The molecule has 0 aromatic heterocycles. The first-order chi connectivity index (χ1) is 14.0. The van der Waals surface area contributed by atoms with Gasteiger partial charge in [0.05, 0.1) is 46.7 Å². The van der Waals surface area contributed by atoms with Crippen molar-refractivity contribution in [3.8, 4) is 28.7 Å². The maximum atomic E-state index is 12.4. The van der Waals surface area contributed by atoms with Gasteiger partial charge in [-0.3, -0.25) is 0 Å². The molecular formula is C22H22O7. The molecule has 29 heavy (non-hydrogen) atoms. The Morgan fingerprint density at radius 2 is 1.45 bits per heavy atom. The fourth-order valence-electron chi connectivity index (χ4n) is 2.99. The Balaban J connectivity index is 2.04. The van der Waals surface area contributed by atoms with Crippen molar-refractivity contribution in [3.05, 3.63) is 53.1 Å². The van der Waals surface area contributed by atoms with Gasteiger partial charge in [0.15, 0.2) is 11.5 Å². The van der Waals surface area contributed by atoms with E-state index in [1.807, 2.05) is 0 Å². The Morgan fingerprint density at radius 3 is 2.00 bits per heavy atom. The summed E-state index contributed by atoms with van der Waals surface area (Å²) in [6.45, 7) is 0. The summed E-state index contributed by atoms with van der Waals surface area (Å²) in [5.41, 5.74) is 1.69. The van der Waals surface area contributed by atoms with E-state index in [2.05, 4.69) is 0 Å². The van der Waals surface area contributed by atoms with E-state index >= 15 is 0 Å². The molecule has 2 aromatic carbocycles. The van der Waals surface area contributed by atoms with Gasteiger partial charge < -0.3 is 28.4 Å². The molecule has 0 spiro atoms. The van der Waals surface area contributed by atoms with E-state index in [1.54, 1.807) is 56.7 Å². The third kappa shape index (κ3) is 3.99. The smallest absolute Gasteiger partial charge is 0.343 e. The van der Waals surface area contributed by atoms with Crippen LogP contribution in [0.1, 0.15) is 11.1 Å². The predicted octanol–water partition coefficient (Wildman–Crippen LogP) is 3.71. The van der Waals surface area contributed by atoms with Crippen molar-refractivity contribution in [1.29, 1.82) is 0 Å². The zero-order chi connectivity index (χ0) is 21.0. The molecule has 7 heteroatoms. The molecule has 0 N–H and O–H groups in total. The number of esters is 1. The lowest BCUT2D eigenvalue weighted by Gasteiger charge is -2.12. The van der Waals surface area contributed by atoms with Gasteiger partial charge in [0.2, 0.25) is 5.75 Å². The van der Waals surface area contributed by atoms with E-state index in [9.17, 15) is 4.79 Å². The van der Waals surface area contributed by atoms with Crippen LogP contribution < -0.4 is 23.7 Å². The summed E-state index contributed by atoms with van der Waals surface area (Å²) in [7, 11) is 7.71. The standard InChI is InChI=1S/C22H22O7/c1-24-15-6-7-17(25-2)16(12-15)18-11-14(22(23)29-18)8-13-9-19(26-3)21(28-5)20(10-13)27-4/h6-12H,1-5H3. The monoisotopic (exact) mass is 398 g/mol. The molecule has 0 radical (unpaired) electrons. The average Bonchev–Trinajstić information content (AvgIpc) is 3.12. The van der Waals surface area contributed by atoms with Crippen LogP contribution in [0.15, 0.2) is 42.0 Å². The van der Waals surface area contributed by atoms with Gasteiger partial charge in [-0.1, -0.05) is 0 Å². The lowest BCUT2D eigenvalue weighted by molar-refractivity contribution is -0.130. The fraction of sp³-hybridized carbons (Fsp3) is 0.227. The molecule has 0 unspecified atom stereocenters. The highest BCUT2D eigenvalue weighted by molar-refractivity contribution is 6.05. The Morgan fingerprint density at radius 1 is 0.793 bits per heavy atom. The second-order valence-corrected chi connectivity index (χ2v) is 6.02. The van der Waals surface area contributed by atoms with Gasteiger partial charge in [-0.25, -0.2) is 4.79 Å².